The van der Waals surface area contributed by atoms with Gasteiger partial charge in [0, 0.05) is 66.9 Å². The molecule has 112 heavy (non-hydrogen) atoms. The van der Waals surface area contributed by atoms with Gasteiger partial charge in [0.2, 0.25) is 0 Å². The average Bonchev–Trinajstić information content (AvgIpc) is 1.62. The second kappa shape index (κ2) is 38.2. The molecule has 7 saturated heterocycles. The summed E-state index contributed by atoms with van der Waals surface area (Å²) in [5, 5.41) is 29.5. The van der Waals surface area contributed by atoms with E-state index in [2.05, 4.69) is 91.1 Å². The van der Waals surface area contributed by atoms with E-state index in [0.29, 0.717) is 90.6 Å². The number of halogens is 3. The van der Waals surface area contributed by atoms with Crippen LogP contribution in [-0.2, 0) is 107 Å². The van der Waals surface area contributed by atoms with E-state index in [-0.39, 0.29) is 34.6 Å². The Bertz CT molecular complexity index is 4530. The van der Waals surface area contributed by atoms with Crippen LogP contribution in [0.4, 0.5) is 0 Å². The standard InChI is InChI=1S/C21H25O4P.C17H19O3P.C14H17BrO3.C13H17BO5.C13H15BrO3.C8H10BrOP/c1-20-14-23-21(25-20,24-15-20)13-12-16-4-6-17(7-5-16)18-8-10-19(11-9-18)26(2,3)22;1-21(2,20)16-10-8-15(9-11-16)14-6-3-13(4-7-14)5-12-17(18)19;1-14(8-17-9-14)10-18-13(16)7-4-11-2-5-12(15)6-3-11;1-12-8-17-13(19-12,18-9-12)7-6-10-2-4-11(5-3-10)14(15)16;1-12-8-15-13(17-12,16-9-12)7-6-10-2-4-11(14)5-3-10;1-11(2,10)8-5-3-7(9)4-6-8/h4-11H,12-15H2,1-3H3;3-4,6-11H,5,12H2,1-2H3,(H,18,19);2-3,5-6H,4,7-10H2,1H3;2-5,15-16H,6-9H2,1H3;2-5H,6-9H2,1H3;3-6H,1-2H3. The van der Waals surface area contributed by atoms with Crippen LogP contribution in [0.2, 0.25) is 0 Å². The number of carbonyl (C=O) groups excluding carboxylic acids is 1. The third kappa shape index (κ3) is 26.2. The molecule has 7 heterocycles. The van der Waals surface area contributed by atoms with E-state index >= 15 is 0 Å². The van der Waals surface area contributed by atoms with Gasteiger partial charge in [0.1, 0.15) is 44.8 Å². The van der Waals surface area contributed by atoms with Crippen molar-refractivity contribution < 1.29 is 90.5 Å². The maximum absolute atomic E-state index is 12.1. The lowest BCUT2D eigenvalue weighted by Crippen LogP contribution is -2.44. The summed E-state index contributed by atoms with van der Waals surface area (Å²) in [5.74, 6) is -3.44. The zero-order valence-corrected chi connectivity index (χ0v) is 72.8. The minimum Gasteiger partial charge on any atom is -0.481 e. The van der Waals surface area contributed by atoms with Gasteiger partial charge >= 0.3 is 19.1 Å². The number of hydrogen-bond acceptors (Lipinski definition) is 18. The predicted octanol–water partition coefficient (Wildman–Crippen LogP) is 16.0. The highest BCUT2D eigenvalue weighted by molar-refractivity contribution is 9.11. The second-order valence-corrected chi connectivity index (χ2v) is 44.1. The first-order chi connectivity index (χ1) is 52.8. The summed E-state index contributed by atoms with van der Waals surface area (Å²) in [6.45, 7) is 24.2. The van der Waals surface area contributed by atoms with Crippen LogP contribution in [0.25, 0.3) is 22.3 Å². The molecule has 7 aliphatic heterocycles. The number of hydrogen-bond donors (Lipinski definition) is 3. The van der Waals surface area contributed by atoms with Crippen molar-refractivity contribution in [3.8, 4) is 22.3 Å². The quantitative estimate of drug-likeness (QED) is 0.0306. The molecule has 0 unspecified atom stereocenters. The van der Waals surface area contributed by atoms with Crippen LogP contribution in [0.3, 0.4) is 0 Å². The van der Waals surface area contributed by atoms with Gasteiger partial charge in [0.25, 0.3) is 17.9 Å². The maximum atomic E-state index is 12.1. The van der Waals surface area contributed by atoms with Crippen LogP contribution in [0.5, 0.6) is 0 Å². The van der Waals surface area contributed by atoms with E-state index in [1.165, 1.54) is 11.1 Å². The monoisotopic (exact) mass is 1780 g/mol. The molecule has 0 aliphatic carbocycles. The summed E-state index contributed by atoms with van der Waals surface area (Å²) < 4.78 is 101. The van der Waals surface area contributed by atoms with Crippen LogP contribution in [0.1, 0.15) is 87.6 Å². The van der Waals surface area contributed by atoms with Gasteiger partial charge in [-0.25, -0.2) is 0 Å². The van der Waals surface area contributed by atoms with Crippen molar-refractivity contribution in [2.75, 3.05) is 99.5 Å². The number of carbonyl (C=O) groups is 2. The summed E-state index contributed by atoms with van der Waals surface area (Å²) >= 11 is 10.1. The summed E-state index contributed by atoms with van der Waals surface area (Å²) in [4.78, 5) is 22.1. The number of ether oxygens (including phenoxy) is 11. The summed E-state index contributed by atoms with van der Waals surface area (Å²) in [7, 11) is -7.90. The van der Waals surface area contributed by atoms with Crippen molar-refractivity contribution >= 4 is 110 Å². The third-order valence-electron chi connectivity index (χ3n) is 19.8. The number of aryl methyl sites for hydroxylation is 5. The van der Waals surface area contributed by atoms with Crippen molar-refractivity contribution in [3.05, 3.63) is 235 Å². The molecular weight excluding hydrogens is 1680 g/mol. The van der Waals surface area contributed by atoms with E-state index in [4.69, 9.17) is 67.3 Å². The highest BCUT2D eigenvalue weighted by atomic mass is 79.9. The lowest BCUT2D eigenvalue weighted by molar-refractivity contribution is -0.301. The lowest BCUT2D eigenvalue weighted by Gasteiger charge is -2.37. The topological polar surface area (TPSA) is 248 Å². The van der Waals surface area contributed by atoms with Crippen molar-refractivity contribution in [3.63, 3.8) is 0 Å². The van der Waals surface area contributed by atoms with Crippen molar-refractivity contribution in [1.82, 2.24) is 0 Å². The SMILES string of the molecule is CC1(COC(=O)CCc2ccc(Br)cc2)COC1.CC12COC(CCc3ccc(-c4ccc(P(C)(C)=O)cc4)cc3)(OC1)O2.CC12COC(CCc3ccc(B(O)O)cc3)(OC1)O2.CC12COC(CCc3ccc(Br)cc3)(OC1)O2.CP(C)(=O)c1ccc(-c2ccc(CCC(=O)O)cc2)cc1.CP(C)(=O)c1ccc(Br)cc1. The molecule has 0 atom stereocenters. The molecule has 0 aromatic heterocycles. The van der Waals surface area contributed by atoms with Crippen molar-refractivity contribution in [2.45, 2.75) is 127 Å². The fourth-order valence-corrected chi connectivity index (χ4v) is 16.2. The number of aliphatic carboxylic acids is 1. The Balaban J connectivity index is 0.000000145. The predicted molar refractivity (Wildman–Crippen MR) is 451 cm³/mol. The molecule has 0 spiro atoms. The maximum Gasteiger partial charge on any atom is 0.488 e. The van der Waals surface area contributed by atoms with Crippen molar-refractivity contribution in [2.24, 2.45) is 5.41 Å². The number of fused-ring (bicyclic) bond motifs is 6. The number of carboxylic acid groups (broad SMARTS) is 1. The third-order valence-corrected chi connectivity index (χ3v) is 26.0. The van der Waals surface area contributed by atoms with Gasteiger partial charge in [-0.15, -0.1) is 0 Å². The fraction of sp³-hybridized carbons (Fsp3) is 0.419. The van der Waals surface area contributed by atoms with E-state index in [1.807, 2.05) is 166 Å². The summed E-state index contributed by atoms with van der Waals surface area (Å²) in [5.41, 5.74) is 9.85. The highest BCUT2D eigenvalue weighted by Gasteiger charge is 2.58. The van der Waals surface area contributed by atoms with Crippen LogP contribution in [0, 0.1) is 5.41 Å². The smallest absolute Gasteiger partial charge is 0.481 e. The Hall–Kier alpha value is -5.59. The van der Waals surface area contributed by atoms with Gasteiger partial charge in [0.05, 0.1) is 52.9 Å². The minimum absolute atomic E-state index is 0.0350. The molecule has 0 saturated carbocycles. The van der Waals surface area contributed by atoms with E-state index in [9.17, 15) is 23.3 Å². The molecule has 6 bridgehead atoms. The van der Waals surface area contributed by atoms with Crippen molar-refractivity contribution in [1.29, 1.82) is 0 Å². The van der Waals surface area contributed by atoms with Gasteiger partial charge < -0.3 is 81.0 Å². The Morgan fingerprint density at radius 3 is 0.902 bits per heavy atom. The molecule has 19 nitrogen and oxygen atoms in total. The molecule has 0 amide bonds. The van der Waals surface area contributed by atoms with E-state index < -0.39 is 52.4 Å². The zero-order chi connectivity index (χ0) is 80.8. The first-order valence-corrected chi connectivity index (χ1v) is 47.6. The molecule has 8 aromatic rings. The normalized spacial score (nSPS) is 23.4. The number of esters is 1. The first kappa shape index (κ1) is 88.8. The molecule has 3 N–H and O–H groups in total. The number of benzene rings is 8. The summed E-state index contributed by atoms with van der Waals surface area (Å²) in [6, 6.07) is 63.2. The van der Waals surface area contributed by atoms with Gasteiger partial charge in [-0.05, 0) is 185 Å². The second-order valence-electron chi connectivity index (χ2n) is 31.7. The van der Waals surface area contributed by atoms with Gasteiger partial charge in [-0.3, -0.25) is 9.59 Å². The Labute approximate surface area is 684 Å². The molecule has 0 radical (unpaired) electrons. The highest BCUT2D eigenvalue weighted by Crippen LogP contribution is 2.46. The van der Waals surface area contributed by atoms with Crippen LogP contribution >= 0.6 is 69.2 Å². The molecule has 8 aromatic carbocycles. The molecule has 7 fully saturated rings. The van der Waals surface area contributed by atoms with Crippen LogP contribution < -0.4 is 21.4 Å². The minimum atomic E-state index is -2.21. The molecule has 15 rings (SSSR count). The van der Waals surface area contributed by atoms with Gasteiger partial charge in [0.15, 0.2) is 0 Å². The van der Waals surface area contributed by atoms with Crippen LogP contribution in [-0.4, -0.2) is 168 Å². The zero-order valence-electron chi connectivity index (χ0n) is 65.3. The fourth-order valence-electron chi connectivity index (χ4n) is 12.9. The Kier molecular flexibility index (Phi) is 30.3. The first-order valence-electron chi connectivity index (χ1n) is 37.4. The number of rotatable bonds is 23. The largest absolute Gasteiger partial charge is 0.488 e. The lowest BCUT2D eigenvalue weighted by atomic mass is 9.80. The van der Waals surface area contributed by atoms with Crippen LogP contribution in [0.15, 0.2) is 208 Å². The number of carboxylic acids is 1. The van der Waals surface area contributed by atoms with E-state index in [0.717, 1.165) is 100 Å². The Morgan fingerprint density at radius 1 is 0.384 bits per heavy atom. The molecule has 7 aliphatic rings. The van der Waals surface area contributed by atoms with Gasteiger partial charge in [-0.2, -0.15) is 0 Å². The molecular formula is C86H103BBr3O19P3. The molecule has 600 valence electrons. The van der Waals surface area contributed by atoms with E-state index in [1.54, 1.807) is 52.1 Å². The van der Waals surface area contributed by atoms with Gasteiger partial charge in [-0.1, -0.05) is 212 Å². The summed E-state index contributed by atoms with van der Waals surface area (Å²) in [6.07, 6.45) is 6.38. The average molecular weight is 1780 g/mol. The molecule has 26 heteroatoms. The Morgan fingerprint density at radius 2 is 0.643 bits per heavy atom.